The number of benzene rings is 2. The molecule has 1 unspecified atom stereocenters. The van der Waals surface area contributed by atoms with E-state index in [0.29, 0.717) is 42.4 Å². The highest BCUT2D eigenvalue weighted by molar-refractivity contribution is 6.13. The minimum Gasteiger partial charge on any atom is -0.348 e. The van der Waals surface area contributed by atoms with Crippen molar-refractivity contribution >= 4 is 29.1 Å². The molecule has 2 aliphatic rings. The first kappa shape index (κ1) is 24.9. The van der Waals surface area contributed by atoms with Gasteiger partial charge < -0.3 is 16.4 Å². The number of rotatable bonds is 8. The van der Waals surface area contributed by atoms with Gasteiger partial charge in [-0.2, -0.15) is 0 Å². The van der Waals surface area contributed by atoms with Gasteiger partial charge >= 0.3 is 0 Å². The zero-order chi connectivity index (χ0) is 24.9. The zero-order valence-electron chi connectivity index (χ0n) is 20.7. The van der Waals surface area contributed by atoms with Crippen LogP contribution in [0.3, 0.4) is 0 Å². The van der Waals surface area contributed by atoms with Gasteiger partial charge in [-0.15, -0.1) is 0 Å². The first-order valence-electron chi connectivity index (χ1n) is 12.7. The molecule has 4 N–H and O–H groups in total. The van der Waals surface area contributed by atoms with E-state index >= 15 is 0 Å². The average Bonchev–Trinajstić information content (AvgIpc) is 3.38. The van der Waals surface area contributed by atoms with Gasteiger partial charge in [-0.05, 0) is 47.6 Å². The minimum atomic E-state index is -0.562. The van der Waals surface area contributed by atoms with Crippen molar-refractivity contribution in [1.29, 1.82) is 0 Å². The lowest BCUT2D eigenvalue weighted by Crippen LogP contribution is -2.53. The summed E-state index contributed by atoms with van der Waals surface area (Å²) in [6.45, 7) is 4.72. The Hall–Kier alpha value is -3.19. The van der Waals surface area contributed by atoms with E-state index in [0.717, 1.165) is 17.5 Å². The lowest BCUT2D eigenvalue weighted by Gasteiger charge is -2.39. The summed E-state index contributed by atoms with van der Waals surface area (Å²) in [5, 5.41) is 5.85. The molecule has 1 aliphatic carbocycles. The largest absolute Gasteiger partial charge is 0.348 e. The van der Waals surface area contributed by atoms with Crippen LogP contribution in [0.2, 0.25) is 0 Å². The number of amides is 3. The number of fused-ring (bicyclic) bond motifs is 1. The number of nitrogens with zero attached hydrogens (tertiary/aromatic N) is 1. The SMILES string of the molecule is CC(C)C1C(=O)Nc2cc(C(=O)NCc3cccc(CN)c3)ccc2N1C(=O)CCC1CCCC1. The van der Waals surface area contributed by atoms with Crippen molar-refractivity contribution < 1.29 is 14.4 Å². The van der Waals surface area contributed by atoms with Gasteiger partial charge in [-0.1, -0.05) is 63.8 Å². The summed E-state index contributed by atoms with van der Waals surface area (Å²) >= 11 is 0. The number of hydrogen-bond donors (Lipinski definition) is 3. The fourth-order valence-corrected chi connectivity index (χ4v) is 5.25. The summed E-state index contributed by atoms with van der Waals surface area (Å²) in [6.07, 6.45) is 6.16. The molecule has 35 heavy (non-hydrogen) atoms. The van der Waals surface area contributed by atoms with Gasteiger partial charge in [-0.25, -0.2) is 0 Å². The maximum absolute atomic E-state index is 13.4. The van der Waals surface area contributed by atoms with Gasteiger partial charge in [0.05, 0.1) is 11.4 Å². The second-order valence-corrected chi connectivity index (χ2v) is 10.1. The summed E-state index contributed by atoms with van der Waals surface area (Å²) in [5.41, 5.74) is 9.26. The summed E-state index contributed by atoms with van der Waals surface area (Å²) in [7, 11) is 0. The number of nitrogens with one attached hydrogen (secondary N) is 2. The fourth-order valence-electron chi connectivity index (χ4n) is 5.25. The van der Waals surface area contributed by atoms with Gasteiger partial charge in [0.1, 0.15) is 6.04 Å². The van der Waals surface area contributed by atoms with Crippen LogP contribution in [-0.4, -0.2) is 23.8 Å². The van der Waals surface area contributed by atoms with Crippen molar-refractivity contribution in [3.05, 3.63) is 59.2 Å². The Kier molecular flexibility index (Phi) is 7.86. The quantitative estimate of drug-likeness (QED) is 0.527. The Morgan fingerprint density at radius 2 is 1.86 bits per heavy atom. The first-order chi connectivity index (χ1) is 16.9. The highest BCUT2D eigenvalue weighted by atomic mass is 16.2. The molecule has 186 valence electrons. The molecule has 0 saturated heterocycles. The number of carbonyl (C=O) groups is 3. The average molecular weight is 477 g/mol. The Bertz CT molecular complexity index is 1090. The van der Waals surface area contributed by atoms with Crippen molar-refractivity contribution in [1.82, 2.24) is 5.32 Å². The van der Waals surface area contributed by atoms with Crippen LogP contribution in [0, 0.1) is 11.8 Å². The highest BCUT2D eigenvalue weighted by Gasteiger charge is 2.39. The van der Waals surface area contributed by atoms with E-state index in [1.165, 1.54) is 25.7 Å². The van der Waals surface area contributed by atoms with Crippen molar-refractivity contribution in [2.24, 2.45) is 17.6 Å². The van der Waals surface area contributed by atoms with Crippen LogP contribution in [-0.2, 0) is 22.7 Å². The van der Waals surface area contributed by atoms with Crippen LogP contribution in [0.15, 0.2) is 42.5 Å². The summed E-state index contributed by atoms with van der Waals surface area (Å²) in [5.74, 6) is 0.0869. The number of carbonyl (C=O) groups excluding carboxylic acids is 3. The lowest BCUT2D eigenvalue weighted by molar-refractivity contribution is -0.125. The molecule has 1 atom stereocenters. The van der Waals surface area contributed by atoms with Gasteiger partial charge in [0.2, 0.25) is 11.8 Å². The van der Waals surface area contributed by atoms with E-state index in [9.17, 15) is 14.4 Å². The summed E-state index contributed by atoms with van der Waals surface area (Å²) in [6, 6.07) is 12.4. The molecule has 4 rings (SSSR count). The van der Waals surface area contributed by atoms with E-state index in [2.05, 4.69) is 10.6 Å². The number of hydrogen-bond acceptors (Lipinski definition) is 4. The molecule has 0 radical (unpaired) electrons. The van der Waals surface area contributed by atoms with E-state index in [1.807, 2.05) is 38.1 Å². The molecule has 1 saturated carbocycles. The third kappa shape index (κ3) is 5.73. The highest BCUT2D eigenvalue weighted by Crippen LogP contribution is 2.37. The molecule has 0 spiro atoms. The van der Waals surface area contributed by atoms with Crippen LogP contribution in [0.4, 0.5) is 11.4 Å². The second kappa shape index (κ2) is 11.0. The molecule has 3 amide bonds. The number of nitrogens with two attached hydrogens (primary N) is 1. The molecule has 7 nitrogen and oxygen atoms in total. The molecule has 0 bridgehead atoms. The predicted octanol–water partition coefficient (Wildman–Crippen LogP) is 4.36. The second-order valence-electron chi connectivity index (χ2n) is 10.1. The van der Waals surface area contributed by atoms with Crippen LogP contribution in [0.5, 0.6) is 0 Å². The third-order valence-electron chi connectivity index (χ3n) is 7.14. The number of anilines is 2. The molecule has 1 heterocycles. The summed E-state index contributed by atoms with van der Waals surface area (Å²) in [4.78, 5) is 40.9. The monoisotopic (exact) mass is 476 g/mol. The van der Waals surface area contributed by atoms with Gasteiger partial charge in [0.15, 0.2) is 0 Å². The Labute approximate surface area is 207 Å². The molecule has 7 heteroatoms. The van der Waals surface area contributed by atoms with Crippen LogP contribution in [0.25, 0.3) is 0 Å². The van der Waals surface area contributed by atoms with E-state index in [4.69, 9.17) is 5.73 Å². The predicted molar refractivity (Wildman–Crippen MR) is 138 cm³/mol. The zero-order valence-corrected chi connectivity index (χ0v) is 20.7. The van der Waals surface area contributed by atoms with Gasteiger partial charge in [0.25, 0.3) is 5.91 Å². The van der Waals surface area contributed by atoms with Crippen molar-refractivity contribution in [3.63, 3.8) is 0 Å². The van der Waals surface area contributed by atoms with Crippen molar-refractivity contribution in [2.75, 3.05) is 10.2 Å². The normalized spacial score (nSPS) is 17.9. The third-order valence-corrected chi connectivity index (χ3v) is 7.14. The van der Waals surface area contributed by atoms with Crippen LogP contribution >= 0.6 is 0 Å². The standard InChI is InChI=1S/C28H36N4O3/c1-18(2)26-28(35)31-23-15-22(27(34)30-17-21-9-5-8-20(14-21)16-29)11-12-24(23)32(26)25(33)13-10-19-6-3-4-7-19/h5,8-9,11-12,14-15,18-19,26H,3-4,6-7,10,13,16-17,29H2,1-2H3,(H,30,34)(H,31,35). The maximum Gasteiger partial charge on any atom is 0.251 e. The molecular formula is C28H36N4O3. The first-order valence-corrected chi connectivity index (χ1v) is 12.7. The van der Waals surface area contributed by atoms with E-state index < -0.39 is 6.04 Å². The summed E-state index contributed by atoms with van der Waals surface area (Å²) < 4.78 is 0. The topological polar surface area (TPSA) is 105 Å². The molecule has 2 aromatic carbocycles. The van der Waals surface area contributed by atoms with Crippen molar-refractivity contribution in [2.45, 2.75) is 71.5 Å². The van der Waals surface area contributed by atoms with Crippen LogP contribution < -0.4 is 21.3 Å². The molecule has 2 aromatic rings. The molecule has 1 aliphatic heterocycles. The Morgan fingerprint density at radius 3 is 2.57 bits per heavy atom. The fraction of sp³-hybridized carbons (Fsp3) is 0.464. The Morgan fingerprint density at radius 1 is 1.11 bits per heavy atom. The lowest BCUT2D eigenvalue weighted by atomic mass is 9.95. The molecular weight excluding hydrogens is 440 g/mol. The van der Waals surface area contributed by atoms with E-state index in [-0.39, 0.29) is 23.6 Å². The smallest absolute Gasteiger partial charge is 0.251 e. The van der Waals surface area contributed by atoms with Gasteiger partial charge in [-0.3, -0.25) is 19.3 Å². The van der Waals surface area contributed by atoms with Crippen molar-refractivity contribution in [3.8, 4) is 0 Å². The Balaban J connectivity index is 1.51. The molecule has 0 aromatic heterocycles. The van der Waals surface area contributed by atoms with E-state index in [1.54, 1.807) is 23.1 Å². The minimum absolute atomic E-state index is 0.0244. The van der Waals surface area contributed by atoms with Crippen LogP contribution in [0.1, 0.15) is 73.9 Å². The maximum atomic E-state index is 13.4. The van der Waals surface area contributed by atoms with Gasteiger partial charge in [0, 0.05) is 25.1 Å². The molecule has 1 fully saturated rings.